The fraction of sp³-hybridized carbons (Fsp3) is 0.400. The van der Waals surface area contributed by atoms with E-state index in [0.29, 0.717) is 10.9 Å². The molecule has 0 aliphatic heterocycles. The zero-order valence-corrected chi connectivity index (χ0v) is 14.0. The molecule has 0 bridgehead atoms. The molecule has 2 heterocycles. The van der Waals surface area contributed by atoms with Crippen LogP contribution >= 0.6 is 23.4 Å². The third-order valence-corrected chi connectivity index (χ3v) is 4.34. The monoisotopic (exact) mass is 322 g/mol. The number of halogens is 1. The van der Waals surface area contributed by atoms with E-state index in [1.54, 1.807) is 12.5 Å². The Bertz CT molecular complexity index is 604. The molecule has 0 atom stereocenters. The highest BCUT2D eigenvalue weighted by atomic mass is 35.5. The van der Waals surface area contributed by atoms with Gasteiger partial charge in [0.2, 0.25) is 0 Å². The minimum atomic E-state index is 0.315. The van der Waals surface area contributed by atoms with Crippen molar-refractivity contribution in [1.82, 2.24) is 15.0 Å². The normalized spacial score (nSPS) is 10.9. The molecule has 0 amide bonds. The van der Waals surface area contributed by atoms with Crippen molar-refractivity contribution in [3.63, 3.8) is 0 Å². The molecule has 6 heteroatoms. The van der Waals surface area contributed by atoms with Crippen molar-refractivity contribution in [2.75, 3.05) is 11.9 Å². The largest absolute Gasteiger partial charge is 0.370 e. The standard InChI is InChI=1S/C15H19ClN4S/c1-4-7-17-13-12(10(2)3)15(20-9-19-13)21-14-11(16)6-5-8-18-14/h5-6,8-10H,4,7H2,1-3H3,(H,17,19,20). The van der Waals surface area contributed by atoms with Crippen LogP contribution < -0.4 is 5.32 Å². The van der Waals surface area contributed by atoms with Gasteiger partial charge in [-0.05, 0) is 36.2 Å². The molecule has 2 aromatic heterocycles. The third-order valence-electron chi connectivity index (χ3n) is 2.89. The lowest BCUT2D eigenvalue weighted by molar-refractivity contribution is 0.799. The van der Waals surface area contributed by atoms with Gasteiger partial charge >= 0.3 is 0 Å². The average molecular weight is 323 g/mol. The summed E-state index contributed by atoms with van der Waals surface area (Å²) in [4.78, 5) is 13.1. The smallest absolute Gasteiger partial charge is 0.134 e. The number of hydrogen-bond acceptors (Lipinski definition) is 5. The molecule has 1 N–H and O–H groups in total. The Labute approximate surface area is 134 Å². The predicted octanol–water partition coefficient (Wildman–Crippen LogP) is 4.62. The van der Waals surface area contributed by atoms with E-state index in [-0.39, 0.29) is 0 Å². The Balaban J connectivity index is 2.36. The van der Waals surface area contributed by atoms with Gasteiger partial charge in [-0.1, -0.05) is 32.4 Å². The van der Waals surface area contributed by atoms with Crippen LogP contribution in [0.3, 0.4) is 0 Å². The van der Waals surface area contributed by atoms with Crippen LogP contribution in [0.2, 0.25) is 5.02 Å². The van der Waals surface area contributed by atoms with Gasteiger partial charge in [-0.15, -0.1) is 0 Å². The molecule has 0 fully saturated rings. The van der Waals surface area contributed by atoms with Crippen molar-refractivity contribution in [3.05, 3.63) is 35.2 Å². The summed E-state index contributed by atoms with van der Waals surface area (Å²) in [5.41, 5.74) is 1.11. The number of anilines is 1. The van der Waals surface area contributed by atoms with Crippen molar-refractivity contribution >= 4 is 29.2 Å². The molecule has 0 aliphatic carbocycles. The molecule has 0 aliphatic rings. The van der Waals surface area contributed by atoms with E-state index in [2.05, 4.69) is 41.0 Å². The maximum Gasteiger partial charge on any atom is 0.134 e. The van der Waals surface area contributed by atoms with E-state index >= 15 is 0 Å². The van der Waals surface area contributed by atoms with E-state index < -0.39 is 0 Å². The summed E-state index contributed by atoms with van der Waals surface area (Å²) in [5, 5.41) is 5.67. The minimum absolute atomic E-state index is 0.315. The summed E-state index contributed by atoms with van der Waals surface area (Å²) >= 11 is 7.67. The maximum atomic E-state index is 6.19. The Hall–Kier alpha value is -1.33. The molecule has 2 aromatic rings. The first-order valence-corrected chi connectivity index (χ1v) is 8.20. The molecular formula is C15H19ClN4S. The molecule has 0 saturated heterocycles. The number of pyridine rings is 1. The van der Waals surface area contributed by atoms with E-state index in [1.165, 1.54) is 11.8 Å². The molecule has 0 unspecified atom stereocenters. The molecule has 21 heavy (non-hydrogen) atoms. The van der Waals surface area contributed by atoms with Gasteiger partial charge in [0.25, 0.3) is 0 Å². The second-order valence-electron chi connectivity index (χ2n) is 4.92. The minimum Gasteiger partial charge on any atom is -0.370 e. The van der Waals surface area contributed by atoms with Crippen LogP contribution in [0.5, 0.6) is 0 Å². The SMILES string of the molecule is CCCNc1ncnc(Sc2ncccc2Cl)c1C(C)C. The van der Waals surface area contributed by atoms with Gasteiger partial charge in [-0.2, -0.15) is 0 Å². The number of nitrogens with zero attached hydrogens (tertiary/aromatic N) is 3. The van der Waals surface area contributed by atoms with Crippen molar-refractivity contribution in [2.24, 2.45) is 0 Å². The second-order valence-corrected chi connectivity index (χ2v) is 6.30. The van der Waals surface area contributed by atoms with Gasteiger partial charge < -0.3 is 5.32 Å². The van der Waals surface area contributed by atoms with Crippen LogP contribution in [0.1, 0.15) is 38.7 Å². The zero-order chi connectivity index (χ0) is 15.2. The third kappa shape index (κ3) is 4.08. The first kappa shape index (κ1) is 16.0. The molecule has 0 saturated carbocycles. The van der Waals surface area contributed by atoms with Crippen LogP contribution in [0.15, 0.2) is 34.7 Å². The summed E-state index contributed by atoms with van der Waals surface area (Å²) in [6.45, 7) is 7.30. The Kier molecular flexibility index (Phi) is 5.82. The summed E-state index contributed by atoms with van der Waals surface area (Å²) in [6, 6.07) is 3.66. The van der Waals surface area contributed by atoms with Crippen LogP contribution in [-0.4, -0.2) is 21.5 Å². The number of rotatable bonds is 6. The Morgan fingerprint density at radius 2 is 2.05 bits per heavy atom. The van der Waals surface area contributed by atoms with E-state index in [9.17, 15) is 0 Å². The first-order chi connectivity index (χ1) is 10.1. The summed E-state index contributed by atoms with van der Waals surface area (Å²) in [7, 11) is 0. The summed E-state index contributed by atoms with van der Waals surface area (Å²) < 4.78 is 0. The number of hydrogen-bond donors (Lipinski definition) is 1. The van der Waals surface area contributed by atoms with Crippen LogP contribution in [0.25, 0.3) is 0 Å². The van der Waals surface area contributed by atoms with Gasteiger partial charge in [0, 0.05) is 18.3 Å². The van der Waals surface area contributed by atoms with Crippen LogP contribution in [0, 0.1) is 0 Å². The van der Waals surface area contributed by atoms with Crippen LogP contribution in [0.4, 0.5) is 5.82 Å². The van der Waals surface area contributed by atoms with Crippen molar-refractivity contribution in [1.29, 1.82) is 0 Å². The molecule has 0 aromatic carbocycles. The lowest BCUT2D eigenvalue weighted by Crippen LogP contribution is -2.08. The Morgan fingerprint density at radius 3 is 2.71 bits per heavy atom. The van der Waals surface area contributed by atoms with Gasteiger partial charge in [0.1, 0.15) is 22.2 Å². The highest BCUT2D eigenvalue weighted by molar-refractivity contribution is 7.99. The van der Waals surface area contributed by atoms with Crippen molar-refractivity contribution in [3.8, 4) is 0 Å². The fourth-order valence-corrected chi connectivity index (χ4v) is 3.14. The predicted molar refractivity (Wildman–Crippen MR) is 88.3 cm³/mol. The zero-order valence-electron chi connectivity index (χ0n) is 12.4. The van der Waals surface area contributed by atoms with Crippen molar-refractivity contribution in [2.45, 2.75) is 43.2 Å². The van der Waals surface area contributed by atoms with E-state index in [1.807, 2.05) is 12.1 Å². The van der Waals surface area contributed by atoms with Gasteiger partial charge in [-0.3, -0.25) is 0 Å². The number of aromatic nitrogens is 3. The second kappa shape index (κ2) is 7.61. The quantitative estimate of drug-likeness (QED) is 0.786. The molecular weight excluding hydrogens is 304 g/mol. The topological polar surface area (TPSA) is 50.7 Å². The van der Waals surface area contributed by atoms with Crippen molar-refractivity contribution < 1.29 is 0 Å². The van der Waals surface area contributed by atoms with Gasteiger partial charge in [-0.25, -0.2) is 15.0 Å². The maximum absolute atomic E-state index is 6.19. The first-order valence-electron chi connectivity index (χ1n) is 7.00. The molecule has 4 nitrogen and oxygen atoms in total. The summed E-state index contributed by atoms with van der Waals surface area (Å²) in [5.74, 6) is 1.21. The van der Waals surface area contributed by atoms with Crippen LogP contribution in [-0.2, 0) is 0 Å². The molecule has 112 valence electrons. The van der Waals surface area contributed by atoms with Gasteiger partial charge in [0.15, 0.2) is 0 Å². The van der Waals surface area contributed by atoms with Gasteiger partial charge in [0.05, 0.1) is 5.02 Å². The summed E-state index contributed by atoms with van der Waals surface area (Å²) in [6.07, 6.45) is 4.37. The average Bonchev–Trinajstić information content (AvgIpc) is 2.47. The lowest BCUT2D eigenvalue weighted by atomic mass is 10.1. The number of nitrogens with one attached hydrogen (secondary N) is 1. The molecule has 2 rings (SSSR count). The lowest BCUT2D eigenvalue weighted by Gasteiger charge is -2.16. The Morgan fingerprint density at radius 1 is 1.24 bits per heavy atom. The highest BCUT2D eigenvalue weighted by Gasteiger charge is 2.17. The molecule has 0 radical (unpaired) electrons. The molecule has 0 spiro atoms. The highest BCUT2D eigenvalue weighted by Crippen LogP contribution is 2.36. The van der Waals surface area contributed by atoms with E-state index in [4.69, 9.17) is 11.6 Å². The fourth-order valence-electron chi connectivity index (χ4n) is 1.90. The van der Waals surface area contributed by atoms with E-state index in [0.717, 1.165) is 34.4 Å².